The van der Waals surface area contributed by atoms with E-state index in [0.717, 1.165) is 24.2 Å². The summed E-state index contributed by atoms with van der Waals surface area (Å²) in [5, 5.41) is 0. The van der Waals surface area contributed by atoms with Crippen molar-refractivity contribution >= 4 is 21.4 Å². The highest BCUT2D eigenvalue weighted by atomic mass is 32.2. The number of benzene rings is 2. The molecule has 144 valence electrons. The molecule has 0 aliphatic carbocycles. The molecule has 7 heteroatoms. The van der Waals surface area contributed by atoms with E-state index in [1.165, 1.54) is 12.1 Å². The van der Waals surface area contributed by atoms with E-state index in [-0.39, 0.29) is 16.9 Å². The number of hydrogen-bond donors (Lipinski definition) is 0. The van der Waals surface area contributed by atoms with Gasteiger partial charge in [0, 0.05) is 25.4 Å². The molecule has 0 fully saturated rings. The van der Waals surface area contributed by atoms with E-state index in [1.54, 1.807) is 24.1 Å². The van der Waals surface area contributed by atoms with Gasteiger partial charge in [0.25, 0.3) is 5.91 Å². The summed E-state index contributed by atoms with van der Waals surface area (Å²) < 4.78 is 29.5. The number of para-hydroxylation sites is 2. The van der Waals surface area contributed by atoms with Crippen LogP contribution in [-0.4, -0.2) is 58.3 Å². The molecule has 0 bridgehead atoms. The summed E-state index contributed by atoms with van der Waals surface area (Å²) in [4.78, 5) is 16.7. The largest absolute Gasteiger partial charge is 0.485 e. The standard InChI is InChI=1S/C20H24N2O4S/c1-4-22-14-16(26-19-11-6-5-10-18(19)22)13-21(2)20(23)15-8-7-9-17(12-15)27(3,24)25/h5-12,16H,4,13-14H2,1-3H3. The number of hydrogen-bond acceptors (Lipinski definition) is 5. The van der Waals surface area contributed by atoms with Gasteiger partial charge in [-0.1, -0.05) is 18.2 Å². The second-order valence-electron chi connectivity index (χ2n) is 6.73. The predicted molar refractivity (Wildman–Crippen MR) is 105 cm³/mol. The summed E-state index contributed by atoms with van der Waals surface area (Å²) in [6.07, 6.45) is 0.972. The minimum Gasteiger partial charge on any atom is -0.485 e. The number of anilines is 1. The molecule has 1 heterocycles. The Hall–Kier alpha value is -2.54. The highest BCUT2D eigenvalue weighted by Crippen LogP contribution is 2.32. The third-order valence-electron chi connectivity index (χ3n) is 4.64. The Kier molecular flexibility index (Phi) is 5.41. The molecule has 1 aliphatic rings. The summed E-state index contributed by atoms with van der Waals surface area (Å²) in [7, 11) is -1.65. The van der Waals surface area contributed by atoms with Crippen molar-refractivity contribution in [1.82, 2.24) is 4.90 Å². The number of amides is 1. The van der Waals surface area contributed by atoms with Gasteiger partial charge in [0.2, 0.25) is 0 Å². The molecular formula is C20H24N2O4S. The Morgan fingerprint density at radius 2 is 1.96 bits per heavy atom. The van der Waals surface area contributed by atoms with Crippen molar-refractivity contribution in [2.24, 2.45) is 0 Å². The van der Waals surface area contributed by atoms with Gasteiger partial charge in [-0.05, 0) is 37.3 Å². The van der Waals surface area contributed by atoms with Crippen LogP contribution in [0.2, 0.25) is 0 Å². The molecule has 1 unspecified atom stereocenters. The molecule has 6 nitrogen and oxygen atoms in total. The van der Waals surface area contributed by atoms with Crippen LogP contribution in [0, 0.1) is 0 Å². The quantitative estimate of drug-likeness (QED) is 0.787. The minimum absolute atomic E-state index is 0.141. The zero-order valence-corrected chi connectivity index (χ0v) is 16.6. The fraction of sp³-hybridized carbons (Fsp3) is 0.350. The Morgan fingerprint density at radius 1 is 1.22 bits per heavy atom. The average Bonchev–Trinajstić information content (AvgIpc) is 2.66. The van der Waals surface area contributed by atoms with Crippen LogP contribution in [0.15, 0.2) is 53.4 Å². The lowest BCUT2D eigenvalue weighted by atomic mass is 10.1. The molecule has 1 amide bonds. The molecule has 0 N–H and O–H groups in total. The van der Waals surface area contributed by atoms with Gasteiger partial charge in [-0.15, -0.1) is 0 Å². The van der Waals surface area contributed by atoms with Gasteiger partial charge in [0.15, 0.2) is 9.84 Å². The van der Waals surface area contributed by atoms with Crippen molar-refractivity contribution in [1.29, 1.82) is 0 Å². The van der Waals surface area contributed by atoms with E-state index in [1.807, 2.05) is 24.3 Å². The molecule has 0 aromatic heterocycles. The van der Waals surface area contributed by atoms with E-state index in [2.05, 4.69) is 11.8 Å². The number of ether oxygens (including phenoxy) is 1. The number of likely N-dealkylation sites (N-methyl/N-ethyl adjacent to an activating group) is 2. The second kappa shape index (κ2) is 7.60. The van der Waals surface area contributed by atoms with Crippen LogP contribution in [0.25, 0.3) is 0 Å². The van der Waals surface area contributed by atoms with Crippen LogP contribution in [0.1, 0.15) is 17.3 Å². The lowest BCUT2D eigenvalue weighted by molar-refractivity contribution is 0.0709. The van der Waals surface area contributed by atoms with E-state index in [0.29, 0.717) is 18.7 Å². The van der Waals surface area contributed by atoms with E-state index >= 15 is 0 Å². The molecule has 0 saturated heterocycles. The molecular weight excluding hydrogens is 364 g/mol. The Labute approximate surface area is 160 Å². The Balaban J connectivity index is 1.74. The molecule has 1 aliphatic heterocycles. The minimum atomic E-state index is -3.36. The normalized spacial score (nSPS) is 16.4. The number of rotatable bonds is 5. The summed E-state index contributed by atoms with van der Waals surface area (Å²) in [6, 6.07) is 14.0. The predicted octanol–water partition coefficient (Wildman–Crippen LogP) is 2.45. The number of sulfone groups is 1. The molecule has 2 aromatic rings. The average molecular weight is 388 g/mol. The second-order valence-corrected chi connectivity index (χ2v) is 8.75. The lowest BCUT2D eigenvalue weighted by Crippen LogP contribution is -2.46. The number of nitrogens with zero attached hydrogens (tertiary/aromatic N) is 2. The molecule has 3 rings (SSSR count). The molecule has 0 radical (unpaired) electrons. The van der Waals surface area contributed by atoms with Gasteiger partial charge in [0.1, 0.15) is 11.9 Å². The fourth-order valence-corrected chi connectivity index (χ4v) is 3.91. The number of fused-ring (bicyclic) bond motifs is 1. The van der Waals surface area contributed by atoms with E-state index in [9.17, 15) is 13.2 Å². The van der Waals surface area contributed by atoms with Gasteiger partial charge in [0.05, 0.1) is 23.7 Å². The first kappa shape index (κ1) is 19.2. The van der Waals surface area contributed by atoms with Gasteiger partial charge in [-0.25, -0.2) is 8.42 Å². The highest BCUT2D eigenvalue weighted by Gasteiger charge is 2.27. The lowest BCUT2D eigenvalue weighted by Gasteiger charge is -2.37. The van der Waals surface area contributed by atoms with Crippen LogP contribution in [0.4, 0.5) is 5.69 Å². The third-order valence-corrected chi connectivity index (χ3v) is 5.75. The van der Waals surface area contributed by atoms with Crippen molar-refractivity contribution in [3.8, 4) is 5.75 Å². The van der Waals surface area contributed by atoms with Crippen molar-refractivity contribution in [2.75, 3.05) is 37.8 Å². The summed E-state index contributed by atoms with van der Waals surface area (Å²) in [6.45, 7) is 4.04. The van der Waals surface area contributed by atoms with Crippen LogP contribution >= 0.6 is 0 Å². The topological polar surface area (TPSA) is 66.9 Å². The first-order valence-electron chi connectivity index (χ1n) is 8.86. The maximum absolute atomic E-state index is 12.8. The first-order chi connectivity index (χ1) is 12.8. The zero-order chi connectivity index (χ0) is 19.6. The SMILES string of the molecule is CCN1CC(CN(C)C(=O)c2cccc(S(C)(=O)=O)c2)Oc2ccccc21. The summed E-state index contributed by atoms with van der Waals surface area (Å²) in [5.74, 6) is 0.585. The molecule has 0 saturated carbocycles. The Morgan fingerprint density at radius 3 is 2.67 bits per heavy atom. The first-order valence-corrected chi connectivity index (χ1v) is 10.7. The van der Waals surface area contributed by atoms with Crippen molar-refractivity contribution in [2.45, 2.75) is 17.9 Å². The van der Waals surface area contributed by atoms with E-state index in [4.69, 9.17) is 4.74 Å². The third kappa shape index (κ3) is 4.24. The number of carbonyl (C=O) groups excluding carboxylic acids is 1. The number of carbonyl (C=O) groups is 1. The van der Waals surface area contributed by atoms with Crippen LogP contribution in [0.3, 0.4) is 0 Å². The van der Waals surface area contributed by atoms with Gasteiger partial charge < -0.3 is 14.5 Å². The van der Waals surface area contributed by atoms with E-state index < -0.39 is 9.84 Å². The molecule has 0 spiro atoms. The van der Waals surface area contributed by atoms with Gasteiger partial charge >= 0.3 is 0 Å². The summed E-state index contributed by atoms with van der Waals surface area (Å²) >= 11 is 0. The van der Waals surface area contributed by atoms with Crippen LogP contribution in [0.5, 0.6) is 5.75 Å². The maximum Gasteiger partial charge on any atom is 0.253 e. The van der Waals surface area contributed by atoms with Crippen molar-refractivity contribution in [3.63, 3.8) is 0 Å². The Bertz CT molecular complexity index is 943. The fourth-order valence-electron chi connectivity index (χ4n) is 3.24. The van der Waals surface area contributed by atoms with Crippen LogP contribution < -0.4 is 9.64 Å². The highest BCUT2D eigenvalue weighted by molar-refractivity contribution is 7.90. The summed E-state index contributed by atoms with van der Waals surface area (Å²) in [5.41, 5.74) is 1.41. The van der Waals surface area contributed by atoms with Crippen LogP contribution in [-0.2, 0) is 9.84 Å². The van der Waals surface area contributed by atoms with Gasteiger partial charge in [-0.2, -0.15) is 0 Å². The van der Waals surface area contributed by atoms with Gasteiger partial charge in [-0.3, -0.25) is 4.79 Å². The monoisotopic (exact) mass is 388 g/mol. The smallest absolute Gasteiger partial charge is 0.253 e. The zero-order valence-electron chi connectivity index (χ0n) is 15.8. The maximum atomic E-state index is 12.8. The molecule has 27 heavy (non-hydrogen) atoms. The molecule has 1 atom stereocenters. The van der Waals surface area contributed by atoms with Crippen molar-refractivity contribution in [3.05, 3.63) is 54.1 Å². The molecule has 2 aromatic carbocycles. The van der Waals surface area contributed by atoms with Crippen molar-refractivity contribution < 1.29 is 17.9 Å².